The molecular formula is C13H12F6O. The van der Waals surface area contributed by atoms with E-state index in [2.05, 4.69) is 0 Å². The number of rotatable bonds is 5. The first-order chi connectivity index (χ1) is 9.20. The van der Waals surface area contributed by atoms with Gasteiger partial charge in [-0.1, -0.05) is 11.6 Å². The molecule has 0 saturated carbocycles. The molecule has 1 rings (SSSR count). The van der Waals surface area contributed by atoms with Crippen molar-refractivity contribution in [1.29, 1.82) is 0 Å². The van der Waals surface area contributed by atoms with Gasteiger partial charge in [0.2, 0.25) is 0 Å². The van der Waals surface area contributed by atoms with Gasteiger partial charge in [-0.3, -0.25) is 0 Å². The van der Waals surface area contributed by atoms with Crippen molar-refractivity contribution in [3.63, 3.8) is 0 Å². The van der Waals surface area contributed by atoms with Crippen molar-refractivity contribution in [2.75, 3.05) is 6.67 Å². The van der Waals surface area contributed by atoms with Crippen molar-refractivity contribution >= 4 is 6.29 Å². The second-order valence-corrected chi connectivity index (χ2v) is 4.29. The molecule has 0 aromatic rings. The van der Waals surface area contributed by atoms with Crippen LogP contribution in [-0.4, -0.2) is 25.1 Å². The van der Waals surface area contributed by atoms with Crippen LogP contribution in [-0.2, 0) is 4.79 Å². The first-order valence-electron chi connectivity index (χ1n) is 5.77. The van der Waals surface area contributed by atoms with Crippen LogP contribution in [0.4, 0.5) is 26.3 Å². The number of alkyl halides is 6. The summed E-state index contributed by atoms with van der Waals surface area (Å²) in [7, 11) is 0. The second kappa shape index (κ2) is 6.28. The minimum Gasteiger partial charge on any atom is -0.303 e. The third kappa shape index (κ3) is 4.25. The average molecular weight is 298 g/mol. The van der Waals surface area contributed by atoms with Crippen LogP contribution < -0.4 is 0 Å². The Morgan fingerprint density at radius 2 is 1.80 bits per heavy atom. The molecular weight excluding hydrogens is 286 g/mol. The van der Waals surface area contributed by atoms with Gasteiger partial charge in [0, 0.05) is 12.0 Å². The first kappa shape index (κ1) is 16.5. The van der Waals surface area contributed by atoms with Crippen LogP contribution in [0.3, 0.4) is 0 Å². The molecule has 0 saturated heterocycles. The topological polar surface area (TPSA) is 17.1 Å². The molecule has 0 unspecified atom stereocenters. The van der Waals surface area contributed by atoms with Gasteiger partial charge in [0.25, 0.3) is 5.92 Å². The van der Waals surface area contributed by atoms with Gasteiger partial charge in [0.05, 0.1) is 5.57 Å². The summed E-state index contributed by atoms with van der Waals surface area (Å²) in [6, 6.07) is 0. The zero-order valence-electron chi connectivity index (χ0n) is 10.3. The van der Waals surface area contributed by atoms with Crippen LogP contribution in [0.25, 0.3) is 0 Å². The molecule has 0 bridgehead atoms. The van der Waals surface area contributed by atoms with Gasteiger partial charge in [-0.2, -0.15) is 22.0 Å². The Morgan fingerprint density at radius 3 is 2.30 bits per heavy atom. The van der Waals surface area contributed by atoms with Crippen molar-refractivity contribution in [1.82, 2.24) is 0 Å². The maximum atomic E-state index is 13.2. The highest BCUT2D eigenvalue weighted by atomic mass is 19.4. The molecule has 0 radical (unpaired) electrons. The average Bonchev–Trinajstić information content (AvgIpc) is 2.58. The van der Waals surface area contributed by atoms with Crippen molar-refractivity contribution in [2.24, 2.45) is 0 Å². The number of hydrogen-bond donors (Lipinski definition) is 0. The van der Waals surface area contributed by atoms with Gasteiger partial charge >= 0.3 is 6.18 Å². The Bertz CT molecular complexity index is 456. The Hall–Kier alpha value is -1.53. The van der Waals surface area contributed by atoms with Gasteiger partial charge in [-0.05, 0) is 25.0 Å². The molecule has 0 aliphatic heterocycles. The van der Waals surface area contributed by atoms with Crippen molar-refractivity contribution in [2.45, 2.75) is 31.4 Å². The number of hydrogen-bond acceptors (Lipinski definition) is 1. The highest BCUT2D eigenvalue weighted by Gasteiger charge is 2.38. The minimum atomic E-state index is -4.82. The molecule has 7 heteroatoms. The SMILES string of the molecule is O=CCCC1=CCC(C(F)(F)CF)=CC(C(F)(F)F)=C1. The third-order valence-corrected chi connectivity index (χ3v) is 2.77. The van der Waals surface area contributed by atoms with Crippen LogP contribution >= 0.6 is 0 Å². The number of carbonyl (C=O) groups excluding carboxylic acids is 1. The van der Waals surface area contributed by atoms with E-state index in [-0.39, 0.29) is 24.5 Å². The summed E-state index contributed by atoms with van der Waals surface area (Å²) in [6.45, 7) is -2.05. The molecule has 1 aliphatic carbocycles. The van der Waals surface area contributed by atoms with Crippen molar-refractivity contribution in [3.8, 4) is 0 Å². The lowest BCUT2D eigenvalue weighted by molar-refractivity contribution is -0.107. The summed E-state index contributed by atoms with van der Waals surface area (Å²) in [4.78, 5) is 10.2. The molecule has 0 amide bonds. The monoisotopic (exact) mass is 298 g/mol. The van der Waals surface area contributed by atoms with Crippen molar-refractivity contribution < 1.29 is 31.1 Å². The summed E-state index contributed by atoms with van der Waals surface area (Å²) in [5.74, 6) is -3.93. The van der Waals surface area contributed by atoms with Gasteiger partial charge in [0.15, 0.2) is 6.67 Å². The van der Waals surface area contributed by atoms with E-state index in [1.54, 1.807) is 0 Å². The molecule has 0 spiro atoms. The lowest BCUT2D eigenvalue weighted by Crippen LogP contribution is -2.23. The summed E-state index contributed by atoms with van der Waals surface area (Å²) in [5.41, 5.74) is -2.06. The summed E-state index contributed by atoms with van der Waals surface area (Å²) in [6.07, 6.45) is -2.61. The van der Waals surface area contributed by atoms with Crippen LogP contribution in [0, 0.1) is 0 Å². The van der Waals surface area contributed by atoms with Gasteiger partial charge in [-0.25, -0.2) is 4.39 Å². The lowest BCUT2D eigenvalue weighted by Gasteiger charge is -2.16. The normalized spacial score (nSPS) is 17.0. The number of halogens is 6. The zero-order chi connectivity index (χ0) is 15.4. The fourth-order valence-corrected chi connectivity index (χ4v) is 1.69. The summed E-state index contributed by atoms with van der Waals surface area (Å²) >= 11 is 0. The second-order valence-electron chi connectivity index (χ2n) is 4.29. The van der Waals surface area contributed by atoms with Crippen LogP contribution in [0.15, 0.2) is 34.9 Å². The van der Waals surface area contributed by atoms with E-state index in [4.69, 9.17) is 0 Å². The molecule has 0 aromatic carbocycles. The van der Waals surface area contributed by atoms with E-state index in [0.717, 1.165) is 6.08 Å². The molecule has 1 nitrogen and oxygen atoms in total. The minimum absolute atomic E-state index is 0.0116. The van der Waals surface area contributed by atoms with Crippen LogP contribution in [0.2, 0.25) is 0 Å². The van der Waals surface area contributed by atoms with E-state index < -0.39 is 36.3 Å². The summed E-state index contributed by atoms with van der Waals surface area (Å²) < 4.78 is 76.9. The molecule has 1 aliphatic rings. The van der Waals surface area contributed by atoms with E-state index >= 15 is 0 Å². The molecule has 0 aromatic heterocycles. The molecule has 0 atom stereocenters. The third-order valence-electron chi connectivity index (χ3n) is 2.77. The van der Waals surface area contributed by atoms with E-state index in [1.807, 2.05) is 0 Å². The summed E-state index contributed by atoms with van der Waals surface area (Å²) in [5, 5.41) is 0. The Balaban J connectivity index is 3.17. The van der Waals surface area contributed by atoms with Crippen LogP contribution in [0.1, 0.15) is 19.3 Å². The molecule has 112 valence electrons. The van der Waals surface area contributed by atoms with Crippen molar-refractivity contribution in [3.05, 3.63) is 34.9 Å². The van der Waals surface area contributed by atoms with Gasteiger partial charge in [0.1, 0.15) is 6.29 Å². The Labute approximate surface area is 111 Å². The highest BCUT2D eigenvalue weighted by Crippen LogP contribution is 2.36. The van der Waals surface area contributed by atoms with E-state index in [9.17, 15) is 31.1 Å². The Morgan fingerprint density at radius 1 is 1.15 bits per heavy atom. The zero-order valence-corrected chi connectivity index (χ0v) is 10.3. The van der Waals surface area contributed by atoms with Gasteiger partial charge in [-0.15, -0.1) is 0 Å². The van der Waals surface area contributed by atoms with Crippen LogP contribution in [0.5, 0.6) is 0 Å². The maximum absolute atomic E-state index is 13.2. The number of allylic oxidation sites excluding steroid dienone is 6. The standard InChI is InChI=1S/C13H12F6O/c14-8-12(15,16)10-4-3-9(2-1-5-20)6-11(7-10)13(17,18)19/h3,5-7H,1-2,4,8H2. The predicted octanol–water partition coefficient (Wildman–Crippen LogP) is 4.32. The highest BCUT2D eigenvalue weighted by molar-refractivity contribution is 5.51. The maximum Gasteiger partial charge on any atom is 0.416 e. The quantitative estimate of drug-likeness (QED) is 0.546. The first-order valence-corrected chi connectivity index (χ1v) is 5.77. The fraction of sp³-hybridized carbons (Fsp3) is 0.462. The molecule has 0 N–H and O–H groups in total. The van der Waals surface area contributed by atoms with E-state index in [1.165, 1.54) is 0 Å². The Kier molecular flexibility index (Phi) is 5.19. The lowest BCUT2D eigenvalue weighted by atomic mass is 10.0. The number of carbonyl (C=O) groups is 1. The largest absolute Gasteiger partial charge is 0.416 e. The fourth-order valence-electron chi connectivity index (χ4n) is 1.69. The molecule has 20 heavy (non-hydrogen) atoms. The smallest absolute Gasteiger partial charge is 0.303 e. The number of aldehydes is 1. The van der Waals surface area contributed by atoms with E-state index in [0.29, 0.717) is 12.4 Å². The molecule has 0 fully saturated rings. The van der Waals surface area contributed by atoms with Gasteiger partial charge < -0.3 is 4.79 Å². The predicted molar refractivity (Wildman–Crippen MR) is 61.1 cm³/mol. The molecule has 0 heterocycles.